The van der Waals surface area contributed by atoms with Crippen molar-refractivity contribution in [2.24, 2.45) is 0 Å². The van der Waals surface area contributed by atoms with E-state index in [1.54, 1.807) is 0 Å². The molecule has 0 aliphatic carbocycles. The number of nitrogens with one attached hydrogen (secondary N) is 1. The molecule has 2 rings (SSSR count). The molecule has 0 saturated carbocycles. The van der Waals surface area contributed by atoms with Gasteiger partial charge in [0.15, 0.2) is 0 Å². The average Bonchev–Trinajstić information content (AvgIpc) is 2.30. The fourth-order valence-electron chi connectivity index (χ4n) is 1.46. The molecule has 12 heavy (non-hydrogen) atoms. The molecule has 1 heterocycles. The van der Waals surface area contributed by atoms with Gasteiger partial charge in [0.25, 0.3) is 0 Å². The van der Waals surface area contributed by atoms with Crippen LogP contribution in [-0.4, -0.2) is 13.2 Å². The Bertz CT molecular complexity index is 283. The highest BCUT2D eigenvalue weighted by Gasteiger charge is 2.08. The highest BCUT2D eigenvalue weighted by Crippen LogP contribution is 2.29. The minimum atomic E-state index is 0.823. The van der Waals surface area contributed by atoms with Crippen molar-refractivity contribution in [1.29, 1.82) is 0 Å². The van der Waals surface area contributed by atoms with Gasteiger partial charge in [0.05, 0.1) is 12.3 Å². The maximum atomic E-state index is 5.57. The van der Waals surface area contributed by atoms with Crippen molar-refractivity contribution >= 4 is 5.69 Å². The fraction of sp³-hybridized carbons (Fsp3) is 0.400. The van der Waals surface area contributed by atoms with Gasteiger partial charge in [-0.15, -0.1) is 0 Å². The van der Waals surface area contributed by atoms with Crippen LogP contribution in [0.1, 0.15) is 12.0 Å². The van der Waals surface area contributed by atoms with Crippen molar-refractivity contribution in [3.05, 3.63) is 23.8 Å². The molecule has 0 fully saturated rings. The quantitative estimate of drug-likeness (QED) is 0.633. The molecule has 64 valence electrons. The van der Waals surface area contributed by atoms with E-state index in [1.165, 1.54) is 5.56 Å². The monoisotopic (exact) mass is 163 g/mol. The Balaban J connectivity index is 2.42. The molecule has 1 aliphatic rings. The van der Waals surface area contributed by atoms with Crippen molar-refractivity contribution < 1.29 is 4.74 Å². The van der Waals surface area contributed by atoms with E-state index in [9.17, 15) is 0 Å². The normalized spacial score (nSPS) is 15.4. The Kier molecular flexibility index (Phi) is 1.90. The molecule has 0 spiro atoms. The highest BCUT2D eigenvalue weighted by molar-refractivity contribution is 5.61. The van der Waals surface area contributed by atoms with Crippen LogP contribution in [-0.2, 0) is 0 Å². The molecule has 2 heteroatoms. The van der Waals surface area contributed by atoms with Crippen molar-refractivity contribution in [3.8, 4) is 5.75 Å². The van der Waals surface area contributed by atoms with Crippen molar-refractivity contribution in [1.82, 2.24) is 0 Å². The average molecular weight is 163 g/mol. The molecular weight excluding hydrogens is 150 g/mol. The van der Waals surface area contributed by atoms with Crippen LogP contribution in [0.4, 0.5) is 5.69 Å². The van der Waals surface area contributed by atoms with Gasteiger partial charge in [0.1, 0.15) is 5.75 Å². The minimum Gasteiger partial charge on any atom is -0.491 e. The predicted octanol–water partition coefficient (Wildman–Crippen LogP) is 2.19. The smallest absolute Gasteiger partial charge is 0.142 e. The topological polar surface area (TPSA) is 21.3 Å². The van der Waals surface area contributed by atoms with Crippen LogP contribution in [0.3, 0.4) is 0 Å². The SMILES string of the molecule is Cc1cccc2c1NCCCO2. The Morgan fingerprint density at radius 1 is 1.42 bits per heavy atom. The number of hydrogen-bond acceptors (Lipinski definition) is 2. The van der Waals surface area contributed by atoms with Crippen LogP contribution in [0.5, 0.6) is 5.75 Å². The molecule has 0 saturated heterocycles. The number of para-hydroxylation sites is 1. The van der Waals surface area contributed by atoms with Crippen LogP contribution in [0.25, 0.3) is 0 Å². The van der Waals surface area contributed by atoms with E-state index in [1.807, 2.05) is 12.1 Å². The predicted molar refractivity (Wildman–Crippen MR) is 49.8 cm³/mol. The third-order valence-electron chi connectivity index (χ3n) is 2.12. The lowest BCUT2D eigenvalue weighted by atomic mass is 10.2. The molecule has 1 aromatic carbocycles. The molecule has 0 aromatic heterocycles. The van der Waals surface area contributed by atoms with Gasteiger partial charge in [-0.2, -0.15) is 0 Å². The Morgan fingerprint density at radius 3 is 3.25 bits per heavy atom. The summed E-state index contributed by atoms with van der Waals surface area (Å²) in [6.45, 7) is 3.93. The van der Waals surface area contributed by atoms with E-state index >= 15 is 0 Å². The van der Waals surface area contributed by atoms with Crippen molar-refractivity contribution in [3.63, 3.8) is 0 Å². The van der Waals surface area contributed by atoms with Crippen LogP contribution in [0.2, 0.25) is 0 Å². The summed E-state index contributed by atoms with van der Waals surface area (Å²) in [7, 11) is 0. The first-order valence-electron chi connectivity index (χ1n) is 4.34. The maximum Gasteiger partial charge on any atom is 0.142 e. The van der Waals surface area contributed by atoms with Gasteiger partial charge < -0.3 is 10.1 Å². The summed E-state index contributed by atoms with van der Waals surface area (Å²) >= 11 is 0. The molecule has 2 nitrogen and oxygen atoms in total. The van der Waals surface area contributed by atoms with Crippen LogP contribution in [0, 0.1) is 6.92 Å². The van der Waals surface area contributed by atoms with E-state index in [2.05, 4.69) is 18.3 Å². The molecule has 0 bridgehead atoms. The zero-order chi connectivity index (χ0) is 8.39. The number of benzene rings is 1. The second kappa shape index (κ2) is 3.05. The first kappa shape index (κ1) is 7.47. The summed E-state index contributed by atoms with van der Waals surface area (Å²) < 4.78 is 5.57. The standard InChI is InChI=1S/C10H13NO/c1-8-4-2-5-9-10(8)11-6-3-7-12-9/h2,4-5,11H,3,6-7H2,1H3. The molecule has 0 unspecified atom stereocenters. The Labute approximate surface area is 72.5 Å². The number of rotatable bonds is 0. The van der Waals surface area contributed by atoms with Gasteiger partial charge in [0, 0.05) is 6.54 Å². The number of ether oxygens (including phenoxy) is 1. The summed E-state index contributed by atoms with van der Waals surface area (Å²) in [5, 5.41) is 3.37. The first-order valence-corrected chi connectivity index (χ1v) is 4.34. The Morgan fingerprint density at radius 2 is 2.33 bits per heavy atom. The third kappa shape index (κ3) is 1.24. The van der Waals surface area contributed by atoms with Crippen molar-refractivity contribution in [2.75, 3.05) is 18.5 Å². The summed E-state index contributed by atoms with van der Waals surface area (Å²) in [6.07, 6.45) is 1.08. The van der Waals surface area contributed by atoms with E-state index in [0.29, 0.717) is 0 Å². The molecule has 1 N–H and O–H groups in total. The number of hydrogen-bond donors (Lipinski definition) is 1. The van der Waals surface area contributed by atoms with E-state index in [0.717, 1.165) is 31.0 Å². The maximum absolute atomic E-state index is 5.57. The van der Waals surface area contributed by atoms with Gasteiger partial charge in [0.2, 0.25) is 0 Å². The molecule has 0 atom stereocenters. The van der Waals surface area contributed by atoms with Crippen LogP contribution < -0.4 is 10.1 Å². The van der Waals surface area contributed by atoms with Crippen molar-refractivity contribution in [2.45, 2.75) is 13.3 Å². The molecular formula is C10H13NO. The highest BCUT2D eigenvalue weighted by atomic mass is 16.5. The number of aryl methyl sites for hydroxylation is 1. The third-order valence-corrected chi connectivity index (χ3v) is 2.12. The number of anilines is 1. The van der Waals surface area contributed by atoms with Gasteiger partial charge in [-0.05, 0) is 25.0 Å². The summed E-state index contributed by atoms with van der Waals surface area (Å²) in [5.74, 6) is 0.993. The lowest BCUT2D eigenvalue weighted by Crippen LogP contribution is -2.00. The molecule has 0 radical (unpaired) electrons. The van der Waals surface area contributed by atoms with E-state index in [-0.39, 0.29) is 0 Å². The first-order chi connectivity index (χ1) is 5.88. The van der Waals surface area contributed by atoms with Gasteiger partial charge >= 0.3 is 0 Å². The largest absolute Gasteiger partial charge is 0.491 e. The summed E-state index contributed by atoms with van der Waals surface area (Å²) in [6, 6.07) is 6.14. The van der Waals surface area contributed by atoms with E-state index < -0.39 is 0 Å². The fourth-order valence-corrected chi connectivity index (χ4v) is 1.46. The Hall–Kier alpha value is -1.18. The van der Waals surface area contributed by atoms with Gasteiger partial charge in [-0.25, -0.2) is 0 Å². The van der Waals surface area contributed by atoms with E-state index in [4.69, 9.17) is 4.74 Å². The van der Waals surface area contributed by atoms with Crippen LogP contribution in [0.15, 0.2) is 18.2 Å². The summed E-state index contributed by atoms with van der Waals surface area (Å²) in [4.78, 5) is 0. The lowest BCUT2D eigenvalue weighted by Gasteiger charge is -2.09. The number of fused-ring (bicyclic) bond motifs is 1. The molecule has 1 aliphatic heterocycles. The van der Waals surface area contributed by atoms with Gasteiger partial charge in [-0.3, -0.25) is 0 Å². The molecule has 0 amide bonds. The summed E-state index contributed by atoms with van der Waals surface area (Å²) in [5.41, 5.74) is 2.42. The molecule has 1 aromatic rings. The lowest BCUT2D eigenvalue weighted by molar-refractivity contribution is 0.323. The van der Waals surface area contributed by atoms with Gasteiger partial charge in [-0.1, -0.05) is 12.1 Å². The zero-order valence-electron chi connectivity index (χ0n) is 7.26. The van der Waals surface area contributed by atoms with Crippen LogP contribution >= 0.6 is 0 Å². The minimum absolute atomic E-state index is 0.823. The second-order valence-electron chi connectivity index (χ2n) is 3.08. The second-order valence-corrected chi connectivity index (χ2v) is 3.08. The zero-order valence-corrected chi connectivity index (χ0v) is 7.26.